The van der Waals surface area contributed by atoms with Gasteiger partial charge in [0, 0.05) is 12.3 Å². The number of carboxylic acids is 1. The molecule has 0 aliphatic rings. The molecule has 148 valence electrons. The number of benzene rings is 1. The molecule has 4 rings (SSSR count). The molecule has 0 atom stereocenters. The normalized spacial score (nSPS) is 11.0. The van der Waals surface area contributed by atoms with Crippen molar-refractivity contribution in [2.24, 2.45) is 0 Å². The van der Waals surface area contributed by atoms with E-state index >= 15 is 0 Å². The fraction of sp³-hybridized carbons (Fsp3) is 0.167. The molecule has 0 amide bonds. The topological polar surface area (TPSA) is 137 Å². The summed E-state index contributed by atoms with van der Waals surface area (Å²) in [7, 11) is 3.13. The van der Waals surface area contributed by atoms with Gasteiger partial charge < -0.3 is 19.1 Å². The van der Waals surface area contributed by atoms with Crippen LogP contribution in [0.3, 0.4) is 0 Å². The second kappa shape index (κ2) is 7.11. The molecule has 0 bridgehead atoms. The number of ether oxygens (including phenoxy) is 2. The standard InChI is InChI=1S/C18H16N6O5/c1-28-12-3-10(4-13(5-12)29-2)7-23-9-19-14-15(23)21-18(22-16(14)25)24-8-11(6-20-24)17(26)27/h3-6,8-9H,7H2,1-2H3,(H,26,27)(H,21,22,25). The van der Waals surface area contributed by atoms with Gasteiger partial charge in [-0.2, -0.15) is 10.1 Å². The Morgan fingerprint density at radius 3 is 2.55 bits per heavy atom. The minimum atomic E-state index is -1.13. The number of hydrogen-bond acceptors (Lipinski definition) is 7. The molecule has 3 heterocycles. The van der Waals surface area contributed by atoms with E-state index in [0.29, 0.717) is 23.7 Å². The molecule has 0 radical (unpaired) electrons. The van der Waals surface area contributed by atoms with Crippen molar-refractivity contribution in [3.05, 3.63) is 58.4 Å². The second-order valence-electron chi connectivity index (χ2n) is 6.13. The van der Waals surface area contributed by atoms with Gasteiger partial charge in [0.05, 0.1) is 38.9 Å². The highest BCUT2D eigenvalue weighted by Crippen LogP contribution is 2.23. The molecule has 0 saturated carbocycles. The molecular weight excluding hydrogens is 380 g/mol. The van der Waals surface area contributed by atoms with Crippen LogP contribution in [0.25, 0.3) is 17.1 Å². The Kier molecular flexibility index (Phi) is 4.47. The number of rotatable bonds is 6. The summed E-state index contributed by atoms with van der Waals surface area (Å²) in [6.07, 6.45) is 3.95. The third-order valence-electron chi connectivity index (χ3n) is 4.27. The molecule has 4 aromatic rings. The Morgan fingerprint density at radius 1 is 1.21 bits per heavy atom. The average molecular weight is 396 g/mol. The highest BCUT2D eigenvalue weighted by atomic mass is 16.5. The molecule has 0 spiro atoms. The van der Waals surface area contributed by atoms with E-state index in [1.165, 1.54) is 23.4 Å². The summed E-state index contributed by atoms with van der Waals surface area (Å²) in [5, 5.41) is 13.0. The van der Waals surface area contributed by atoms with Gasteiger partial charge in [-0.25, -0.2) is 14.5 Å². The Morgan fingerprint density at radius 2 is 1.93 bits per heavy atom. The summed E-state index contributed by atoms with van der Waals surface area (Å²) < 4.78 is 13.5. The van der Waals surface area contributed by atoms with Gasteiger partial charge in [-0.3, -0.25) is 9.78 Å². The summed E-state index contributed by atoms with van der Waals surface area (Å²) in [4.78, 5) is 34.6. The number of H-pyrrole nitrogens is 1. The Balaban J connectivity index is 1.77. The Bertz CT molecular complexity index is 1250. The van der Waals surface area contributed by atoms with E-state index in [4.69, 9.17) is 14.6 Å². The molecular formula is C18H16N6O5. The van der Waals surface area contributed by atoms with E-state index in [2.05, 4.69) is 20.1 Å². The van der Waals surface area contributed by atoms with Crippen molar-refractivity contribution in [2.75, 3.05) is 14.2 Å². The average Bonchev–Trinajstić information content (AvgIpc) is 3.36. The highest BCUT2D eigenvalue weighted by molar-refractivity contribution is 5.86. The lowest BCUT2D eigenvalue weighted by atomic mass is 10.2. The van der Waals surface area contributed by atoms with Gasteiger partial charge in [0.25, 0.3) is 5.56 Å². The van der Waals surface area contributed by atoms with Crippen LogP contribution in [0.1, 0.15) is 15.9 Å². The maximum absolute atomic E-state index is 12.4. The summed E-state index contributed by atoms with van der Waals surface area (Å²) in [6.45, 7) is 0.361. The van der Waals surface area contributed by atoms with Crippen LogP contribution in [0.2, 0.25) is 0 Å². The van der Waals surface area contributed by atoms with E-state index in [1.807, 2.05) is 12.1 Å². The largest absolute Gasteiger partial charge is 0.497 e. The van der Waals surface area contributed by atoms with Crippen molar-refractivity contribution in [2.45, 2.75) is 6.54 Å². The number of imidazole rings is 1. The van der Waals surface area contributed by atoms with Gasteiger partial charge in [-0.15, -0.1) is 0 Å². The van der Waals surface area contributed by atoms with Crippen molar-refractivity contribution < 1.29 is 19.4 Å². The molecule has 0 aliphatic carbocycles. The minimum absolute atomic E-state index is 0.0234. The molecule has 29 heavy (non-hydrogen) atoms. The molecule has 0 unspecified atom stereocenters. The van der Waals surface area contributed by atoms with Gasteiger partial charge in [-0.1, -0.05) is 0 Å². The molecule has 11 nitrogen and oxygen atoms in total. The van der Waals surface area contributed by atoms with Gasteiger partial charge in [-0.05, 0) is 17.7 Å². The molecule has 0 saturated heterocycles. The third kappa shape index (κ3) is 3.40. The zero-order chi connectivity index (χ0) is 20.5. The number of methoxy groups -OCH3 is 2. The van der Waals surface area contributed by atoms with Crippen LogP contribution in [0.4, 0.5) is 0 Å². The lowest BCUT2D eigenvalue weighted by Crippen LogP contribution is -2.15. The van der Waals surface area contributed by atoms with Gasteiger partial charge in [0.1, 0.15) is 11.5 Å². The molecule has 0 aliphatic heterocycles. The Hall–Kier alpha value is -4.15. The molecule has 2 N–H and O–H groups in total. The van der Waals surface area contributed by atoms with Crippen LogP contribution >= 0.6 is 0 Å². The van der Waals surface area contributed by atoms with Crippen LogP contribution in [-0.4, -0.2) is 54.6 Å². The van der Waals surface area contributed by atoms with E-state index < -0.39 is 11.5 Å². The summed E-state index contributed by atoms with van der Waals surface area (Å²) in [5.41, 5.74) is 0.868. The first-order valence-corrected chi connectivity index (χ1v) is 8.44. The first-order chi connectivity index (χ1) is 14.0. The smallest absolute Gasteiger partial charge is 0.338 e. The fourth-order valence-electron chi connectivity index (χ4n) is 2.87. The quantitative estimate of drug-likeness (QED) is 0.494. The van der Waals surface area contributed by atoms with Crippen LogP contribution in [-0.2, 0) is 6.54 Å². The van der Waals surface area contributed by atoms with Crippen LogP contribution < -0.4 is 15.0 Å². The molecule has 1 aromatic carbocycles. The Labute approximate surface area is 163 Å². The molecule has 11 heteroatoms. The first kappa shape index (κ1) is 18.2. The van der Waals surface area contributed by atoms with Gasteiger partial charge in [0.15, 0.2) is 11.2 Å². The van der Waals surface area contributed by atoms with E-state index in [-0.39, 0.29) is 17.0 Å². The third-order valence-corrected chi connectivity index (χ3v) is 4.27. The van der Waals surface area contributed by atoms with Crippen LogP contribution in [0, 0.1) is 0 Å². The summed E-state index contributed by atoms with van der Waals surface area (Å²) in [5.74, 6) is 0.220. The SMILES string of the molecule is COc1cc(Cn2cnc3c(=O)[nH]c(-n4cc(C(=O)O)cn4)nc32)cc(OC)c1. The lowest BCUT2D eigenvalue weighted by Gasteiger charge is -2.09. The first-order valence-electron chi connectivity index (χ1n) is 8.44. The van der Waals surface area contributed by atoms with Gasteiger partial charge >= 0.3 is 5.97 Å². The second-order valence-corrected chi connectivity index (χ2v) is 6.13. The number of aromatic carboxylic acids is 1. The summed E-state index contributed by atoms with van der Waals surface area (Å²) >= 11 is 0. The monoisotopic (exact) mass is 396 g/mol. The zero-order valence-corrected chi connectivity index (χ0v) is 15.5. The number of carbonyl (C=O) groups is 1. The van der Waals surface area contributed by atoms with Crippen LogP contribution in [0.15, 0.2) is 41.7 Å². The minimum Gasteiger partial charge on any atom is -0.497 e. The predicted octanol–water partition coefficient (Wildman–Crippen LogP) is 1.07. The predicted molar refractivity (Wildman–Crippen MR) is 101 cm³/mol. The lowest BCUT2D eigenvalue weighted by molar-refractivity contribution is 0.0697. The number of carboxylic acid groups (broad SMARTS) is 1. The maximum atomic E-state index is 12.4. The van der Waals surface area contributed by atoms with Gasteiger partial charge in [0.2, 0.25) is 5.95 Å². The number of nitrogens with one attached hydrogen (secondary N) is 1. The zero-order valence-electron chi connectivity index (χ0n) is 15.5. The van der Waals surface area contributed by atoms with Crippen molar-refractivity contribution in [3.63, 3.8) is 0 Å². The van der Waals surface area contributed by atoms with Crippen LogP contribution in [0.5, 0.6) is 11.5 Å². The fourth-order valence-corrected chi connectivity index (χ4v) is 2.87. The number of aromatic nitrogens is 6. The number of fused-ring (bicyclic) bond motifs is 1. The van der Waals surface area contributed by atoms with Crippen molar-refractivity contribution >= 4 is 17.1 Å². The summed E-state index contributed by atoms with van der Waals surface area (Å²) in [6, 6.07) is 5.44. The van der Waals surface area contributed by atoms with Crippen molar-refractivity contribution in [1.82, 2.24) is 29.3 Å². The highest BCUT2D eigenvalue weighted by Gasteiger charge is 2.14. The maximum Gasteiger partial charge on any atom is 0.338 e. The number of nitrogens with zero attached hydrogens (tertiary/aromatic N) is 5. The number of hydrogen-bond donors (Lipinski definition) is 2. The molecule has 3 aromatic heterocycles. The van der Waals surface area contributed by atoms with E-state index in [0.717, 1.165) is 5.56 Å². The number of aromatic amines is 1. The van der Waals surface area contributed by atoms with Crippen molar-refractivity contribution in [1.29, 1.82) is 0 Å². The van der Waals surface area contributed by atoms with Crippen molar-refractivity contribution in [3.8, 4) is 17.4 Å². The van der Waals surface area contributed by atoms with E-state index in [1.54, 1.807) is 24.9 Å². The van der Waals surface area contributed by atoms with E-state index in [9.17, 15) is 9.59 Å². The molecule has 0 fully saturated rings.